The maximum absolute atomic E-state index is 6.02. The van der Waals surface area contributed by atoms with Crippen LogP contribution in [0.15, 0.2) is 18.2 Å². The molecular formula is C13H17NO. The zero-order valence-corrected chi connectivity index (χ0v) is 8.96. The van der Waals surface area contributed by atoms with Crippen LogP contribution in [-0.2, 0) is 13.0 Å². The van der Waals surface area contributed by atoms with Crippen molar-refractivity contribution in [3.05, 3.63) is 29.3 Å². The summed E-state index contributed by atoms with van der Waals surface area (Å²) in [6.45, 7) is 2.08. The molecule has 1 N–H and O–H groups in total. The second kappa shape index (κ2) is 3.86. The molecule has 80 valence electrons. The van der Waals surface area contributed by atoms with Gasteiger partial charge < -0.3 is 10.1 Å². The average Bonchev–Trinajstić information content (AvgIpc) is 2.23. The molecule has 2 heteroatoms. The van der Waals surface area contributed by atoms with Gasteiger partial charge in [-0.15, -0.1) is 0 Å². The summed E-state index contributed by atoms with van der Waals surface area (Å²) < 4.78 is 6.02. The summed E-state index contributed by atoms with van der Waals surface area (Å²) in [4.78, 5) is 0. The van der Waals surface area contributed by atoms with E-state index in [9.17, 15) is 0 Å². The predicted molar refractivity (Wildman–Crippen MR) is 60.1 cm³/mol. The Morgan fingerprint density at radius 2 is 2.20 bits per heavy atom. The lowest BCUT2D eigenvalue weighted by Gasteiger charge is -2.29. The molecule has 15 heavy (non-hydrogen) atoms. The van der Waals surface area contributed by atoms with E-state index in [1.165, 1.54) is 30.4 Å². The SMILES string of the molecule is c1cc2c(c(OC3CCC3)c1)CCNC2. The standard InChI is InChI=1S/C13H17NO/c1-3-10-9-14-8-7-12(10)13(6-1)15-11-4-2-5-11/h1,3,6,11,14H,2,4-5,7-9H2. The molecule has 0 atom stereocenters. The third kappa shape index (κ3) is 1.74. The molecule has 1 aromatic carbocycles. The van der Waals surface area contributed by atoms with Crippen LogP contribution >= 0.6 is 0 Å². The van der Waals surface area contributed by atoms with Crippen molar-refractivity contribution in [3.63, 3.8) is 0 Å². The van der Waals surface area contributed by atoms with Crippen LogP contribution in [0.4, 0.5) is 0 Å². The van der Waals surface area contributed by atoms with E-state index in [4.69, 9.17) is 4.74 Å². The number of ether oxygens (including phenoxy) is 1. The quantitative estimate of drug-likeness (QED) is 0.796. The molecule has 1 saturated carbocycles. The van der Waals surface area contributed by atoms with E-state index in [2.05, 4.69) is 23.5 Å². The van der Waals surface area contributed by atoms with Gasteiger partial charge >= 0.3 is 0 Å². The Hall–Kier alpha value is -1.02. The molecule has 1 aliphatic heterocycles. The molecule has 0 bridgehead atoms. The van der Waals surface area contributed by atoms with Crippen LogP contribution < -0.4 is 10.1 Å². The van der Waals surface area contributed by atoms with Crippen molar-refractivity contribution in [2.45, 2.75) is 38.3 Å². The van der Waals surface area contributed by atoms with Crippen molar-refractivity contribution >= 4 is 0 Å². The summed E-state index contributed by atoms with van der Waals surface area (Å²) in [7, 11) is 0. The topological polar surface area (TPSA) is 21.3 Å². The Bertz CT molecular complexity index is 358. The zero-order valence-electron chi connectivity index (χ0n) is 8.96. The first-order valence-corrected chi connectivity index (χ1v) is 5.91. The van der Waals surface area contributed by atoms with Crippen LogP contribution in [0.3, 0.4) is 0 Å². The first kappa shape index (κ1) is 9.22. The molecule has 0 saturated heterocycles. The molecule has 0 amide bonds. The Balaban J connectivity index is 1.85. The van der Waals surface area contributed by atoms with Gasteiger partial charge in [-0.3, -0.25) is 0 Å². The van der Waals surface area contributed by atoms with E-state index in [0.717, 1.165) is 25.3 Å². The van der Waals surface area contributed by atoms with E-state index < -0.39 is 0 Å². The Kier molecular flexibility index (Phi) is 2.37. The highest BCUT2D eigenvalue weighted by Gasteiger charge is 2.21. The van der Waals surface area contributed by atoms with Crippen LogP contribution in [0.5, 0.6) is 5.75 Å². The fourth-order valence-corrected chi connectivity index (χ4v) is 2.28. The molecule has 1 fully saturated rings. The van der Waals surface area contributed by atoms with E-state index in [-0.39, 0.29) is 0 Å². The van der Waals surface area contributed by atoms with Gasteiger partial charge in [-0.05, 0) is 49.4 Å². The second-order valence-corrected chi connectivity index (χ2v) is 4.49. The second-order valence-electron chi connectivity index (χ2n) is 4.49. The van der Waals surface area contributed by atoms with Crippen molar-refractivity contribution in [2.75, 3.05) is 6.54 Å². The molecule has 0 spiro atoms. The van der Waals surface area contributed by atoms with Crippen molar-refractivity contribution in [1.29, 1.82) is 0 Å². The van der Waals surface area contributed by atoms with E-state index in [1.54, 1.807) is 0 Å². The normalized spacial score (nSPS) is 20.5. The van der Waals surface area contributed by atoms with Crippen molar-refractivity contribution in [3.8, 4) is 5.75 Å². The highest BCUT2D eigenvalue weighted by atomic mass is 16.5. The molecule has 3 rings (SSSR count). The van der Waals surface area contributed by atoms with Gasteiger partial charge in [0.1, 0.15) is 5.75 Å². The molecule has 2 aliphatic rings. The lowest BCUT2D eigenvalue weighted by atomic mass is 9.95. The van der Waals surface area contributed by atoms with E-state index >= 15 is 0 Å². The lowest BCUT2D eigenvalue weighted by molar-refractivity contribution is 0.118. The summed E-state index contributed by atoms with van der Waals surface area (Å²) in [5, 5.41) is 3.39. The van der Waals surface area contributed by atoms with Gasteiger partial charge in [0.2, 0.25) is 0 Å². The van der Waals surface area contributed by atoms with Gasteiger partial charge in [-0.25, -0.2) is 0 Å². The molecule has 1 aliphatic carbocycles. The summed E-state index contributed by atoms with van der Waals surface area (Å²) >= 11 is 0. The maximum Gasteiger partial charge on any atom is 0.123 e. The smallest absolute Gasteiger partial charge is 0.123 e. The lowest BCUT2D eigenvalue weighted by Crippen LogP contribution is -2.28. The van der Waals surface area contributed by atoms with Crippen molar-refractivity contribution in [1.82, 2.24) is 5.32 Å². The number of nitrogens with one attached hydrogen (secondary N) is 1. The predicted octanol–water partition coefficient (Wildman–Crippen LogP) is 2.26. The highest BCUT2D eigenvalue weighted by Crippen LogP contribution is 2.30. The molecule has 0 radical (unpaired) electrons. The van der Waals surface area contributed by atoms with Gasteiger partial charge in [0.25, 0.3) is 0 Å². The third-order valence-corrected chi connectivity index (χ3v) is 3.44. The number of benzene rings is 1. The summed E-state index contributed by atoms with van der Waals surface area (Å²) in [6.07, 6.45) is 5.41. The number of rotatable bonds is 2. The molecule has 0 unspecified atom stereocenters. The van der Waals surface area contributed by atoms with E-state index in [0.29, 0.717) is 6.10 Å². The van der Waals surface area contributed by atoms with E-state index in [1.807, 2.05) is 0 Å². The monoisotopic (exact) mass is 203 g/mol. The summed E-state index contributed by atoms with van der Waals surface area (Å²) in [5.74, 6) is 1.14. The van der Waals surface area contributed by atoms with Crippen molar-refractivity contribution in [2.24, 2.45) is 0 Å². The summed E-state index contributed by atoms with van der Waals surface area (Å²) in [5.41, 5.74) is 2.85. The minimum Gasteiger partial charge on any atom is -0.490 e. The summed E-state index contributed by atoms with van der Waals surface area (Å²) in [6, 6.07) is 6.44. The first-order chi connectivity index (χ1) is 7.43. The molecule has 2 nitrogen and oxygen atoms in total. The number of hydrogen-bond donors (Lipinski definition) is 1. The van der Waals surface area contributed by atoms with Gasteiger partial charge in [-0.1, -0.05) is 12.1 Å². The van der Waals surface area contributed by atoms with Crippen LogP contribution in [0, 0.1) is 0 Å². The Morgan fingerprint density at radius 1 is 1.27 bits per heavy atom. The van der Waals surface area contributed by atoms with Crippen LogP contribution in [0.2, 0.25) is 0 Å². The molecule has 1 heterocycles. The minimum absolute atomic E-state index is 0.492. The van der Waals surface area contributed by atoms with Crippen LogP contribution in [0.25, 0.3) is 0 Å². The van der Waals surface area contributed by atoms with Gasteiger partial charge in [0.05, 0.1) is 6.10 Å². The van der Waals surface area contributed by atoms with Gasteiger partial charge in [0.15, 0.2) is 0 Å². The largest absolute Gasteiger partial charge is 0.490 e. The number of hydrogen-bond acceptors (Lipinski definition) is 2. The zero-order chi connectivity index (χ0) is 10.1. The molecule has 0 aromatic heterocycles. The average molecular weight is 203 g/mol. The fraction of sp³-hybridized carbons (Fsp3) is 0.538. The van der Waals surface area contributed by atoms with Crippen molar-refractivity contribution < 1.29 is 4.74 Å². The molecule has 1 aromatic rings. The number of fused-ring (bicyclic) bond motifs is 1. The first-order valence-electron chi connectivity index (χ1n) is 5.91. The fourth-order valence-electron chi connectivity index (χ4n) is 2.28. The highest BCUT2D eigenvalue weighted by molar-refractivity contribution is 5.41. The van der Waals surface area contributed by atoms with Gasteiger partial charge in [0, 0.05) is 6.54 Å². The van der Waals surface area contributed by atoms with Crippen LogP contribution in [-0.4, -0.2) is 12.6 Å². The van der Waals surface area contributed by atoms with Crippen LogP contribution in [0.1, 0.15) is 30.4 Å². The Labute approximate surface area is 90.6 Å². The third-order valence-electron chi connectivity index (χ3n) is 3.44. The Morgan fingerprint density at radius 3 is 3.00 bits per heavy atom. The maximum atomic E-state index is 6.02. The molecular weight excluding hydrogens is 186 g/mol. The van der Waals surface area contributed by atoms with Gasteiger partial charge in [-0.2, -0.15) is 0 Å². The minimum atomic E-state index is 0.492.